The van der Waals surface area contributed by atoms with Crippen LogP contribution in [0, 0.1) is 0 Å². The van der Waals surface area contributed by atoms with Crippen LogP contribution in [0.1, 0.15) is 6.42 Å². The summed E-state index contributed by atoms with van der Waals surface area (Å²) < 4.78 is 1.37. The molecule has 0 saturated heterocycles. The summed E-state index contributed by atoms with van der Waals surface area (Å²) in [5, 5.41) is 23.4. The average Bonchev–Trinajstić information content (AvgIpc) is 2.86. The number of thioether (sulfide) groups is 1. The number of hydrogen-bond donors (Lipinski definition) is 2. The first-order valence-corrected chi connectivity index (χ1v) is 8.33. The molecule has 23 heavy (non-hydrogen) atoms. The Balaban J connectivity index is 2.40. The molecule has 2 radical (unpaired) electrons. The van der Waals surface area contributed by atoms with E-state index in [0.29, 0.717) is 16.3 Å². The molecule has 2 rings (SSSR count). The molecule has 0 unspecified atom stereocenters. The Morgan fingerprint density at radius 1 is 1.57 bits per heavy atom. The summed E-state index contributed by atoms with van der Waals surface area (Å²) in [6.07, 6.45) is 6.42. The maximum Gasteiger partial charge on any atom is 0.231 e. The Morgan fingerprint density at radius 3 is 2.87 bits per heavy atom. The smallest absolute Gasteiger partial charge is 0.231 e. The highest BCUT2D eigenvalue weighted by atomic mass is 35.5. The zero-order valence-corrected chi connectivity index (χ0v) is 13.8. The van der Waals surface area contributed by atoms with Crippen molar-refractivity contribution in [3.05, 3.63) is 35.9 Å². The maximum atomic E-state index is 12.3. The predicted molar refractivity (Wildman–Crippen MR) is 89.8 cm³/mol. The summed E-state index contributed by atoms with van der Waals surface area (Å²) >= 11 is 7.49. The van der Waals surface area contributed by atoms with Gasteiger partial charge in [0.25, 0.3) is 0 Å². The quantitative estimate of drug-likeness (QED) is 0.589. The van der Waals surface area contributed by atoms with Crippen molar-refractivity contribution in [3.63, 3.8) is 0 Å². The van der Waals surface area contributed by atoms with Crippen LogP contribution in [0.2, 0.25) is 5.15 Å². The van der Waals surface area contributed by atoms with E-state index in [1.54, 1.807) is 24.5 Å². The highest BCUT2D eigenvalue weighted by Crippen LogP contribution is 2.29. The molecule has 0 spiro atoms. The third-order valence-corrected chi connectivity index (χ3v) is 3.78. The molecule has 0 aliphatic heterocycles. The fourth-order valence-corrected chi connectivity index (χ4v) is 2.51. The summed E-state index contributed by atoms with van der Waals surface area (Å²) in [5.41, 5.74) is 0.588. The largest absolute Gasteiger partial charge is 0.357 e. The van der Waals surface area contributed by atoms with Gasteiger partial charge in [-0.15, -0.1) is 0 Å². The van der Waals surface area contributed by atoms with Crippen molar-refractivity contribution in [1.82, 2.24) is 14.8 Å². The molecule has 10 heteroatoms. The van der Waals surface area contributed by atoms with Crippen molar-refractivity contribution in [3.8, 4) is 5.69 Å². The first-order chi connectivity index (χ1) is 10.8. The van der Waals surface area contributed by atoms with Crippen LogP contribution in [0.15, 0.2) is 30.7 Å². The lowest BCUT2D eigenvalue weighted by atomic mass is 10.0. The van der Waals surface area contributed by atoms with Gasteiger partial charge in [0, 0.05) is 18.4 Å². The minimum Gasteiger partial charge on any atom is -0.357 e. The number of amides is 1. The highest BCUT2D eigenvalue weighted by Gasteiger charge is 2.34. The van der Waals surface area contributed by atoms with E-state index < -0.39 is 11.7 Å². The van der Waals surface area contributed by atoms with E-state index >= 15 is 0 Å². The zero-order valence-electron chi connectivity index (χ0n) is 12.3. The van der Waals surface area contributed by atoms with Gasteiger partial charge < -0.3 is 10.2 Å². The SMILES string of the molecule is [B]C(O)(O)N(C(=O)CCSC)c1cn(-c2cccnc2)nc1Cl. The first-order valence-electron chi connectivity index (χ1n) is 6.55. The normalized spacial score (nSPS) is 11.5. The van der Waals surface area contributed by atoms with Gasteiger partial charge in [-0.2, -0.15) is 16.9 Å². The van der Waals surface area contributed by atoms with Gasteiger partial charge in [0.2, 0.25) is 5.91 Å². The number of pyridine rings is 1. The fourth-order valence-electron chi connectivity index (χ4n) is 1.91. The monoisotopic (exact) mass is 352 g/mol. The number of halogens is 1. The Kier molecular flexibility index (Phi) is 5.69. The van der Waals surface area contributed by atoms with Gasteiger partial charge in [0.15, 0.2) is 18.8 Å². The number of aliphatic hydroxyl groups is 2. The van der Waals surface area contributed by atoms with Crippen molar-refractivity contribution in [2.24, 2.45) is 0 Å². The molecule has 2 N–H and O–H groups in total. The van der Waals surface area contributed by atoms with Gasteiger partial charge in [-0.05, 0) is 18.4 Å². The molecule has 2 aromatic heterocycles. The number of anilines is 1. The van der Waals surface area contributed by atoms with Gasteiger partial charge >= 0.3 is 0 Å². The van der Waals surface area contributed by atoms with Crippen LogP contribution >= 0.6 is 23.4 Å². The Bertz CT molecular complexity index is 678. The maximum absolute atomic E-state index is 12.3. The summed E-state index contributed by atoms with van der Waals surface area (Å²) in [6, 6.07) is 3.44. The van der Waals surface area contributed by atoms with Crippen LogP contribution in [-0.4, -0.2) is 56.5 Å². The minimum absolute atomic E-state index is 0.00544. The number of carbonyl (C=O) groups excluding carboxylic acids is 1. The topological polar surface area (TPSA) is 91.5 Å². The van der Waals surface area contributed by atoms with Gasteiger partial charge in [-0.1, -0.05) is 11.6 Å². The molecule has 2 aromatic rings. The van der Waals surface area contributed by atoms with Gasteiger partial charge in [0.1, 0.15) is 5.69 Å². The molecule has 0 aliphatic carbocycles. The van der Waals surface area contributed by atoms with Crippen molar-refractivity contribution in [2.45, 2.75) is 12.2 Å². The predicted octanol–water partition coefficient (Wildman–Crippen LogP) is 0.771. The number of aromatic nitrogens is 3. The molecule has 7 nitrogen and oxygen atoms in total. The molecule has 0 bridgehead atoms. The fraction of sp³-hybridized carbons (Fsp3) is 0.308. The zero-order chi connectivity index (χ0) is 17.0. The van der Waals surface area contributed by atoms with Crippen molar-refractivity contribution < 1.29 is 15.0 Å². The Morgan fingerprint density at radius 2 is 2.30 bits per heavy atom. The molecule has 0 aliphatic rings. The average molecular weight is 353 g/mol. The van der Waals surface area contributed by atoms with Crippen LogP contribution in [0.5, 0.6) is 0 Å². The third-order valence-electron chi connectivity index (χ3n) is 2.90. The molecular weight excluding hydrogens is 338 g/mol. The second kappa shape index (κ2) is 7.35. The van der Waals surface area contributed by atoms with Gasteiger partial charge in [0.05, 0.1) is 18.1 Å². The Labute approximate surface area is 143 Å². The van der Waals surface area contributed by atoms with E-state index in [2.05, 4.69) is 10.1 Å². The van der Waals surface area contributed by atoms with Crippen LogP contribution in [-0.2, 0) is 4.79 Å². The highest BCUT2D eigenvalue weighted by molar-refractivity contribution is 7.98. The number of hydrogen-bond acceptors (Lipinski definition) is 6. The standard InChI is InChI=1S/C13H14BClN4O3S/c1-23-6-4-11(20)19(13(14,21)22)10-8-18(17-12(10)15)9-3-2-5-16-7-9/h2-3,5,7-8,21-22H,4,6H2,1H3. The van der Waals surface area contributed by atoms with Gasteiger partial charge in [-0.3, -0.25) is 14.7 Å². The lowest BCUT2D eigenvalue weighted by molar-refractivity contribution is -0.133. The molecule has 1 amide bonds. The summed E-state index contributed by atoms with van der Waals surface area (Å²) in [6.45, 7) is 0. The van der Waals surface area contributed by atoms with Crippen molar-refractivity contribution in [1.29, 1.82) is 0 Å². The van der Waals surface area contributed by atoms with E-state index in [9.17, 15) is 15.0 Å². The van der Waals surface area contributed by atoms with Gasteiger partial charge in [-0.25, -0.2) is 4.68 Å². The Hall–Kier alpha value is -1.55. The van der Waals surface area contributed by atoms with Crippen LogP contribution in [0.25, 0.3) is 5.69 Å². The van der Waals surface area contributed by atoms with E-state index in [1.165, 1.54) is 22.6 Å². The minimum atomic E-state index is -2.89. The van der Waals surface area contributed by atoms with Crippen LogP contribution in [0.4, 0.5) is 5.69 Å². The number of carbonyl (C=O) groups is 1. The van der Waals surface area contributed by atoms with E-state index in [4.69, 9.17) is 19.4 Å². The lowest BCUT2D eigenvalue weighted by Crippen LogP contribution is -2.53. The number of nitrogens with zero attached hydrogens (tertiary/aromatic N) is 4. The summed E-state index contributed by atoms with van der Waals surface area (Å²) in [4.78, 5) is 16.8. The van der Waals surface area contributed by atoms with Crippen LogP contribution in [0.3, 0.4) is 0 Å². The molecule has 0 aromatic carbocycles. The van der Waals surface area contributed by atoms with Crippen molar-refractivity contribution >= 4 is 42.8 Å². The third kappa shape index (κ3) is 4.26. The van der Waals surface area contributed by atoms with E-state index in [-0.39, 0.29) is 17.3 Å². The number of rotatable bonds is 6. The second-order valence-corrected chi connectivity index (χ2v) is 5.96. The first kappa shape index (κ1) is 17.8. The second-order valence-electron chi connectivity index (χ2n) is 4.62. The molecule has 2 heterocycles. The van der Waals surface area contributed by atoms with Crippen molar-refractivity contribution in [2.75, 3.05) is 16.9 Å². The van der Waals surface area contributed by atoms with E-state index in [0.717, 1.165) is 0 Å². The molecule has 0 fully saturated rings. The summed E-state index contributed by atoms with van der Waals surface area (Å²) in [7, 11) is 5.30. The lowest BCUT2D eigenvalue weighted by Gasteiger charge is -2.32. The summed E-state index contributed by atoms with van der Waals surface area (Å²) in [5.74, 6) is -2.97. The molecule has 0 saturated carbocycles. The van der Waals surface area contributed by atoms with Crippen LogP contribution < -0.4 is 4.90 Å². The molecular formula is C13H14BClN4O3S. The molecule has 0 atom stereocenters. The molecule has 120 valence electrons. The van der Waals surface area contributed by atoms with E-state index in [1.807, 2.05) is 6.26 Å².